The van der Waals surface area contributed by atoms with Crippen LogP contribution in [0.5, 0.6) is 5.88 Å². The summed E-state index contributed by atoms with van der Waals surface area (Å²) < 4.78 is 27.4. The molecule has 3 aromatic rings. The molecule has 1 atom stereocenters. The van der Waals surface area contributed by atoms with Gasteiger partial charge in [-0.25, -0.2) is 19.2 Å². The maximum atomic E-state index is 14.0. The van der Waals surface area contributed by atoms with Crippen LogP contribution >= 0.6 is 0 Å². The van der Waals surface area contributed by atoms with E-state index in [1.807, 2.05) is 26.8 Å². The van der Waals surface area contributed by atoms with Gasteiger partial charge in [-0.15, -0.1) is 0 Å². The smallest absolute Gasteiger partial charge is 0.410 e. The Morgan fingerprint density at radius 3 is 2.74 bits per heavy atom. The highest BCUT2D eigenvalue weighted by molar-refractivity contribution is 5.68. The summed E-state index contributed by atoms with van der Waals surface area (Å²) in [5.41, 5.74) is 1.52. The lowest BCUT2D eigenvalue weighted by molar-refractivity contribution is 0.0165. The Morgan fingerprint density at radius 1 is 1.13 bits per heavy atom. The van der Waals surface area contributed by atoms with Gasteiger partial charge in [-0.2, -0.15) is 4.98 Å². The first kappa shape index (κ1) is 26.3. The molecule has 10 heteroatoms. The van der Waals surface area contributed by atoms with Crippen molar-refractivity contribution in [3.05, 3.63) is 42.1 Å². The number of carbonyl (C=O) groups is 1. The fourth-order valence-corrected chi connectivity index (χ4v) is 5.19. The van der Waals surface area contributed by atoms with Crippen molar-refractivity contribution in [2.45, 2.75) is 58.5 Å². The Kier molecular flexibility index (Phi) is 7.78. The number of pyridine rings is 1. The van der Waals surface area contributed by atoms with Gasteiger partial charge in [-0.1, -0.05) is 0 Å². The molecule has 204 valence electrons. The number of hydrogen-bond donors (Lipinski definition) is 0. The van der Waals surface area contributed by atoms with Crippen molar-refractivity contribution in [3.8, 4) is 17.4 Å². The van der Waals surface area contributed by atoms with E-state index in [1.54, 1.807) is 21.6 Å². The molecule has 0 N–H and O–H groups in total. The van der Waals surface area contributed by atoms with Crippen molar-refractivity contribution in [3.63, 3.8) is 0 Å². The van der Waals surface area contributed by atoms with Gasteiger partial charge in [0, 0.05) is 37.6 Å². The van der Waals surface area contributed by atoms with Gasteiger partial charge in [0.15, 0.2) is 5.82 Å². The second-order valence-electron chi connectivity index (χ2n) is 11.3. The number of nitrogens with zero attached hydrogens (tertiary/aromatic N) is 6. The number of aromatic nitrogens is 4. The minimum Gasteiger partial charge on any atom is -0.476 e. The summed E-state index contributed by atoms with van der Waals surface area (Å²) in [6.07, 6.45) is 7.81. The molecule has 0 aromatic carbocycles. The van der Waals surface area contributed by atoms with Gasteiger partial charge in [0.25, 0.3) is 0 Å². The van der Waals surface area contributed by atoms with Gasteiger partial charge in [0.05, 0.1) is 6.20 Å². The van der Waals surface area contributed by atoms with Crippen molar-refractivity contribution in [2.75, 3.05) is 39.3 Å². The quantitative estimate of drug-likeness (QED) is 0.447. The molecule has 0 radical (unpaired) electrons. The largest absolute Gasteiger partial charge is 0.476 e. The normalized spacial score (nSPS) is 18.7. The Hall–Kier alpha value is -3.27. The fraction of sp³-hybridized carbons (Fsp3) is 0.571. The summed E-state index contributed by atoms with van der Waals surface area (Å²) in [5.74, 6) is 0.808. The molecule has 0 unspecified atom stereocenters. The fourth-order valence-electron chi connectivity index (χ4n) is 5.19. The lowest BCUT2D eigenvalue weighted by atomic mass is 9.93. The molecule has 0 aliphatic carbocycles. The van der Waals surface area contributed by atoms with Crippen molar-refractivity contribution < 1.29 is 18.7 Å². The van der Waals surface area contributed by atoms with Crippen LogP contribution in [0.2, 0.25) is 0 Å². The van der Waals surface area contributed by atoms with E-state index in [-0.39, 0.29) is 17.8 Å². The molecule has 0 saturated carbocycles. The maximum absolute atomic E-state index is 14.0. The van der Waals surface area contributed by atoms with E-state index < -0.39 is 5.60 Å². The summed E-state index contributed by atoms with van der Waals surface area (Å²) in [6.45, 7) is 10.5. The van der Waals surface area contributed by atoms with E-state index >= 15 is 0 Å². The number of carbonyl (C=O) groups excluding carboxylic acids is 1. The van der Waals surface area contributed by atoms with Crippen molar-refractivity contribution in [2.24, 2.45) is 5.92 Å². The van der Waals surface area contributed by atoms with Gasteiger partial charge >= 0.3 is 6.09 Å². The molecule has 5 rings (SSSR count). The highest BCUT2D eigenvalue weighted by Gasteiger charge is 2.28. The van der Waals surface area contributed by atoms with E-state index in [0.717, 1.165) is 38.2 Å². The summed E-state index contributed by atoms with van der Waals surface area (Å²) in [4.78, 5) is 30.8. The van der Waals surface area contributed by atoms with Crippen LogP contribution in [0.1, 0.15) is 52.1 Å². The maximum Gasteiger partial charge on any atom is 0.410 e. The molecule has 2 fully saturated rings. The summed E-state index contributed by atoms with van der Waals surface area (Å²) in [5, 5.41) is 0. The Bertz CT molecular complexity index is 1270. The van der Waals surface area contributed by atoms with Crippen molar-refractivity contribution >= 4 is 11.7 Å². The molecule has 2 saturated heterocycles. The summed E-state index contributed by atoms with van der Waals surface area (Å²) in [6, 6.07) is 4.91. The minimum absolute atomic E-state index is 0.232. The Labute approximate surface area is 223 Å². The van der Waals surface area contributed by atoms with E-state index in [1.165, 1.54) is 25.1 Å². The molecular formula is C28H37FN6O3. The monoisotopic (exact) mass is 524 g/mol. The van der Waals surface area contributed by atoms with Gasteiger partial charge in [-0.3, -0.25) is 9.30 Å². The van der Waals surface area contributed by atoms with Gasteiger partial charge in [0.1, 0.15) is 29.4 Å². The van der Waals surface area contributed by atoms with Gasteiger partial charge < -0.3 is 14.4 Å². The number of imidazole rings is 1. The van der Waals surface area contributed by atoms with Gasteiger partial charge in [0.2, 0.25) is 5.88 Å². The van der Waals surface area contributed by atoms with Gasteiger partial charge in [-0.05, 0) is 84.0 Å². The zero-order valence-electron chi connectivity index (χ0n) is 22.5. The van der Waals surface area contributed by atoms with E-state index in [0.29, 0.717) is 49.2 Å². The minimum atomic E-state index is -0.527. The van der Waals surface area contributed by atoms with Crippen LogP contribution in [0.4, 0.5) is 9.18 Å². The zero-order chi connectivity index (χ0) is 26.7. The average molecular weight is 525 g/mol. The molecule has 5 heterocycles. The third kappa shape index (κ3) is 6.59. The molecular weight excluding hydrogens is 487 g/mol. The highest BCUT2D eigenvalue weighted by atomic mass is 19.1. The first-order valence-electron chi connectivity index (χ1n) is 13.6. The number of hydrogen-bond acceptors (Lipinski definition) is 7. The predicted molar refractivity (Wildman–Crippen MR) is 142 cm³/mol. The molecule has 9 nitrogen and oxygen atoms in total. The molecule has 0 spiro atoms. The van der Waals surface area contributed by atoms with Crippen molar-refractivity contribution in [1.29, 1.82) is 0 Å². The van der Waals surface area contributed by atoms with Crippen LogP contribution in [0, 0.1) is 11.7 Å². The highest BCUT2D eigenvalue weighted by Crippen LogP contribution is 2.26. The second-order valence-corrected chi connectivity index (χ2v) is 11.3. The lowest BCUT2D eigenvalue weighted by Crippen LogP contribution is -2.43. The standard InChI is InChI=1S/C28H37FN6O3/c1-28(2,3)38-27(36)34-12-6-7-20(18-34)15-22-16-25(37-14-13-33-10-4-5-11-33)32-26(31-22)23-17-30-24-9-8-21(29)19-35(23)24/h8-9,16-17,19-20H,4-7,10-15,18H2,1-3H3/t20-/m0/s1. The number of rotatable bonds is 7. The summed E-state index contributed by atoms with van der Waals surface area (Å²) >= 11 is 0. The Morgan fingerprint density at radius 2 is 1.95 bits per heavy atom. The third-order valence-electron chi connectivity index (χ3n) is 6.98. The Balaban J connectivity index is 1.36. The number of halogens is 1. The molecule has 2 aliphatic heterocycles. The number of fused-ring (bicyclic) bond motifs is 1. The van der Waals surface area contributed by atoms with Crippen LogP contribution in [0.15, 0.2) is 30.6 Å². The molecule has 1 amide bonds. The van der Waals surface area contributed by atoms with Crippen LogP contribution < -0.4 is 4.74 Å². The van der Waals surface area contributed by atoms with E-state index in [4.69, 9.17) is 14.5 Å². The molecule has 2 aliphatic rings. The second kappa shape index (κ2) is 11.2. The number of piperidine rings is 1. The number of likely N-dealkylation sites (tertiary alicyclic amines) is 2. The topological polar surface area (TPSA) is 85.1 Å². The zero-order valence-corrected chi connectivity index (χ0v) is 22.5. The first-order valence-corrected chi connectivity index (χ1v) is 13.6. The van der Waals surface area contributed by atoms with E-state index in [2.05, 4.69) is 14.9 Å². The lowest BCUT2D eigenvalue weighted by Gasteiger charge is -2.34. The van der Waals surface area contributed by atoms with Crippen molar-refractivity contribution in [1.82, 2.24) is 29.2 Å². The first-order chi connectivity index (χ1) is 18.2. The van der Waals surface area contributed by atoms with Crippen LogP contribution in [0.3, 0.4) is 0 Å². The van der Waals surface area contributed by atoms with Crippen LogP contribution in [-0.4, -0.2) is 80.2 Å². The summed E-state index contributed by atoms with van der Waals surface area (Å²) in [7, 11) is 0. The molecule has 38 heavy (non-hydrogen) atoms. The average Bonchev–Trinajstić information content (AvgIpc) is 3.53. The van der Waals surface area contributed by atoms with E-state index in [9.17, 15) is 9.18 Å². The predicted octanol–water partition coefficient (Wildman–Crippen LogP) is 4.59. The van der Waals surface area contributed by atoms with Crippen LogP contribution in [-0.2, 0) is 11.2 Å². The SMILES string of the molecule is CC(C)(C)OC(=O)N1CCC[C@@H](Cc2cc(OCCN3CCCC3)nc(-c3cnc4ccc(F)cn34)n2)C1. The van der Waals surface area contributed by atoms with Crippen LogP contribution in [0.25, 0.3) is 17.2 Å². The molecule has 3 aromatic heterocycles. The third-order valence-corrected chi connectivity index (χ3v) is 6.98. The number of amides is 1. The number of ether oxygens (including phenoxy) is 2. The molecule has 0 bridgehead atoms.